The Morgan fingerprint density at radius 3 is 1.72 bits per heavy atom. The fourth-order valence-corrected chi connectivity index (χ4v) is 9.67. The first-order valence-corrected chi connectivity index (χ1v) is 14.4. The first-order chi connectivity index (χ1) is 17.7. The van der Waals surface area contributed by atoms with Crippen LogP contribution in [0, 0.1) is 10.1 Å². The van der Waals surface area contributed by atoms with E-state index in [1.54, 1.807) is 12.1 Å². The van der Waals surface area contributed by atoms with Gasteiger partial charge in [0.05, 0.1) is 11.1 Å². The maximum Gasteiger partial charge on any atom is 0.293 e. The van der Waals surface area contributed by atoms with Crippen molar-refractivity contribution < 1.29 is 4.92 Å². The number of hydrogen-bond acceptors (Lipinski definition) is 2. The second-order valence-corrected chi connectivity index (χ2v) is 12.7. The molecule has 0 saturated heterocycles. The van der Waals surface area contributed by atoms with E-state index in [0.717, 1.165) is 42.9 Å². The molecule has 0 N–H and O–H groups in total. The summed E-state index contributed by atoms with van der Waals surface area (Å²) < 4.78 is 2.04. The van der Waals surface area contributed by atoms with Crippen molar-refractivity contribution in [2.24, 2.45) is 0 Å². The number of para-hydroxylation sites is 1. The Bertz CT molecular complexity index is 1340. The lowest BCUT2D eigenvalue weighted by Crippen LogP contribution is -2.33. The minimum absolute atomic E-state index is 0.180. The summed E-state index contributed by atoms with van der Waals surface area (Å²) in [7, 11) is -1.81. The lowest BCUT2D eigenvalue weighted by molar-refractivity contribution is -0.383. The van der Waals surface area contributed by atoms with Gasteiger partial charge in [-0.3, -0.25) is 10.1 Å². The highest BCUT2D eigenvalue weighted by Gasteiger charge is 2.44. The molecule has 180 valence electrons. The zero-order valence-corrected chi connectivity index (χ0v) is 21.1. The maximum atomic E-state index is 11.6. The van der Waals surface area contributed by atoms with Gasteiger partial charge in [0, 0.05) is 24.2 Å². The highest BCUT2D eigenvalue weighted by molar-refractivity contribution is 7.95. The van der Waals surface area contributed by atoms with Gasteiger partial charge in [-0.05, 0) is 61.7 Å². The van der Waals surface area contributed by atoms with E-state index in [9.17, 15) is 10.1 Å². The molecule has 0 bridgehead atoms. The largest absolute Gasteiger partial charge is 0.342 e. The van der Waals surface area contributed by atoms with Crippen molar-refractivity contribution in [3.8, 4) is 0 Å². The molecule has 0 atom stereocenters. The van der Waals surface area contributed by atoms with E-state index in [-0.39, 0.29) is 10.6 Å². The number of non-ortho nitro benzene ring substituents is 1. The van der Waals surface area contributed by atoms with Gasteiger partial charge in [-0.1, -0.05) is 66.7 Å². The summed E-state index contributed by atoms with van der Waals surface area (Å²) in [6.07, 6.45) is 6.21. The second-order valence-electron chi connectivity index (χ2n) is 9.08. The molecule has 0 radical (unpaired) electrons. The predicted octanol–water partition coefficient (Wildman–Crippen LogP) is 6.71. The van der Waals surface area contributed by atoms with Crippen LogP contribution in [0.2, 0.25) is 0 Å². The number of nitro benzene ring substituents is 1. The van der Waals surface area contributed by atoms with Crippen LogP contribution in [-0.4, -0.2) is 15.7 Å². The molecule has 0 aliphatic carbocycles. The van der Waals surface area contributed by atoms with E-state index in [2.05, 4.69) is 91.0 Å². The smallest absolute Gasteiger partial charge is 0.293 e. The summed E-state index contributed by atoms with van der Waals surface area (Å²) in [5, 5.41) is 16.7. The molecule has 0 aliphatic heterocycles. The van der Waals surface area contributed by atoms with Crippen molar-refractivity contribution in [3.63, 3.8) is 0 Å². The van der Waals surface area contributed by atoms with Crippen LogP contribution in [0.25, 0.3) is 10.9 Å². The van der Waals surface area contributed by atoms with Crippen LogP contribution in [0.15, 0.2) is 121 Å². The van der Waals surface area contributed by atoms with Crippen LogP contribution in [0.3, 0.4) is 0 Å². The number of aromatic nitrogens is 1. The number of nitro groups is 1. The van der Waals surface area contributed by atoms with Crippen molar-refractivity contribution >= 4 is 39.8 Å². The number of rotatable bonds is 10. The van der Waals surface area contributed by atoms with Gasteiger partial charge in [0.15, 0.2) is 0 Å². The van der Waals surface area contributed by atoms with Crippen molar-refractivity contribution in [1.82, 2.24) is 4.57 Å². The highest BCUT2D eigenvalue weighted by Crippen LogP contribution is 2.56. The van der Waals surface area contributed by atoms with Crippen LogP contribution < -0.4 is 15.9 Å². The zero-order valence-electron chi connectivity index (χ0n) is 20.2. The fourth-order valence-electron chi connectivity index (χ4n) is 5.26. The predicted molar refractivity (Wildman–Crippen MR) is 152 cm³/mol. The maximum absolute atomic E-state index is 11.6. The molecule has 4 nitrogen and oxygen atoms in total. The van der Waals surface area contributed by atoms with Gasteiger partial charge < -0.3 is 4.57 Å². The molecule has 5 aromatic rings. The third-order valence-corrected chi connectivity index (χ3v) is 11.5. The second kappa shape index (κ2) is 10.9. The van der Waals surface area contributed by atoms with Crippen molar-refractivity contribution in [2.75, 3.05) is 6.16 Å². The van der Waals surface area contributed by atoms with Crippen molar-refractivity contribution in [2.45, 2.75) is 25.8 Å². The van der Waals surface area contributed by atoms with E-state index in [0.29, 0.717) is 0 Å². The molecule has 0 unspecified atom stereocenters. The third-order valence-electron chi connectivity index (χ3n) is 6.95. The van der Waals surface area contributed by atoms with Gasteiger partial charge in [-0.2, -0.15) is 0 Å². The number of nitrogens with zero attached hydrogens (tertiary/aromatic N) is 2. The molecule has 0 aliphatic rings. The van der Waals surface area contributed by atoms with E-state index in [1.165, 1.54) is 15.9 Å². The summed E-state index contributed by atoms with van der Waals surface area (Å²) in [6, 6.07) is 40.2. The van der Waals surface area contributed by atoms with Gasteiger partial charge >= 0.3 is 0 Å². The molecule has 4 aromatic carbocycles. The molecule has 0 spiro atoms. The third kappa shape index (κ3) is 4.69. The fraction of sp³-hybridized carbons (Fsp3) is 0.161. The Balaban J connectivity index is 1.39. The molecule has 0 saturated carbocycles. The molecular formula is C31H30N2O2P+. The minimum Gasteiger partial charge on any atom is -0.342 e. The topological polar surface area (TPSA) is 48.1 Å². The Morgan fingerprint density at radius 2 is 1.19 bits per heavy atom. The Labute approximate surface area is 212 Å². The average molecular weight is 494 g/mol. The Kier molecular flexibility index (Phi) is 7.25. The Hall–Kier alpha value is -3.75. The molecule has 1 aromatic heterocycles. The van der Waals surface area contributed by atoms with E-state index in [1.807, 2.05) is 22.9 Å². The van der Waals surface area contributed by atoms with Crippen LogP contribution in [0.1, 0.15) is 19.3 Å². The van der Waals surface area contributed by atoms with Crippen LogP contribution >= 0.6 is 7.26 Å². The molecule has 1 heterocycles. The highest BCUT2D eigenvalue weighted by atomic mass is 31.2. The first-order valence-electron chi connectivity index (χ1n) is 12.5. The molecule has 36 heavy (non-hydrogen) atoms. The number of hydrogen-bond donors (Lipinski definition) is 0. The average Bonchev–Trinajstić information content (AvgIpc) is 3.35. The summed E-state index contributed by atoms with van der Waals surface area (Å²) in [4.78, 5) is 11.3. The summed E-state index contributed by atoms with van der Waals surface area (Å²) in [5.41, 5.74) is 0.905. The summed E-state index contributed by atoms with van der Waals surface area (Å²) in [6.45, 7) is 0.780. The van der Waals surface area contributed by atoms with Gasteiger partial charge in [0.2, 0.25) is 0 Å². The van der Waals surface area contributed by atoms with Crippen molar-refractivity contribution in [1.29, 1.82) is 0 Å². The summed E-state index contributed by atoms with van der Waals surface area (Å²) >= 11 is 0. The normalized spacial score (nSPS) is 11.6. The molecule has 0 fully saturated rings. The first kappa shape index (κ1) is 24.0. The van der Waals surface area contributed by atoms with E-state index in [4.69, 9.17) is 0 Å². The van der Waals surface area contributed by atoms with E-state index >= 15 is 0 Å². The van der Waals surface area contributed by atoms with Gasteiger partial charge in [0.1, 0.15) is 28.7 Å². The SMILES string of the molecule is O=[N+]([O-])c1cccc2ccn(CCCCC[P+](c3ccccc3)(c3ccccc3)c3ccccc3)c12. The lowest BCUT2D eigenvalue weighted by Gasteiger charge is -2.27. The number of fused-ring (bicyclic) bond motifs is 1. The quantitative estimate of drug-likeness (QED) is 0.0939. The van der Waals surface area contributed by atoms with Gasteiger partial charge in [0.25, 0.3) is 5.69 Å². The van der Waals surface area contributed by atoms with Crippen molar-refractivity contribution in [3.05, 3.63) is 132 Å². The molecule has 0 amide bonds. The van der Waals surface area contributed by atoms with Gasteiger partial charge in [-0.25, -0.2) is 0 Å². The minimum atomic E-state index is -1.81. The standard InChI is InChI=1S/C31H30N2O2P/c34-33(35)30-21-13-14-26-22-24-32(31(26)30)23-11-4-12-25-36(27-15-5-1-6-16-27,28-17-7-2-8-18-28)29-19-9-3-10-20-29/h1-3,5-10,13-22,24H,4,11-12,23,25H2/q+1. The van der Waals surface area contributed by atoms with Crippen LogP contribution in [-0.2, 0) is 6.54 Å². The zero-order chi connectivity index (χ0) is 24.8. The Morgan fingerprint density at radius 1 is 0.639 bits per heavy atom. The van der Waals surface area contributed by atoms with E-state index < -0.39 is 7.26 Å². The molecular weight excluding hydrogens is 463 g/mol. The number of unbranched alkanes of at least 4 members (excludes halogenated alkanes) is 2. The monoisotopic (exact) mass is 493 g/mol. The van der Waals surface area contributed by atoms with Crippen LogP contribution in [0.4, 0.5) is 5.69 Å². The molecule has 5 heteroatoms. The lowest BCUT2D eigenvalue weighted by atomic mass is 10.2. The number of benzene rings is 4. The number of aryl methyl sites for hydroxylation is 1. The summed E-state index contributed by atoms with van der Waals surface area (Å²) in [5.74, 6) is 0. The van der Waals surface area contributed by atoms with Crippen LogP contribution in [0.5, 0.6) is 0 Å². The molecule has 5 rings (SSSR count). The van der Waals surface area contributed by atoms with Gasteiger partial charge in [-0.15, -0.1) is 0 Å².